The van der Waals surface area contributed by atoms with Gasteiger partial charge in [-0.2, -0.15) is 0 Å². The summed E-state index contributed by atoms with van der Waals surface area (Å²) in [6.45, 7) is 0. The standard InChI is InChI=1S/C20H19N/c1-21-19-9-5-4-7-16(19)12-13-20(21)18-11-10-15-6-2-3-8-17(15)14-18/h2-11,14,20H,12-13H2,1H3. The van der Waals surface area contributed by atoms with E-state index in [1.165, 1.54) is 34.0 Å². The third kappa shape index (κ3) is 2.09. The van der Waals surface area contributed by atoms with Crippen LogP contribution in [-0.2, 0) is 6.42 Å². The smallest absolute Gasteiger partial charge is 0.0542 e. The molecule has 0 radical (unpaired) electrons. The Morgan fingerprint density at radius 1 is 0.857 bits per heavy atom. The minimum Gasteiger partial charge on any atom is -0.367 e. The molecule has 3 aromatic carbocycles. The van der Waals surface area contributed by atoms with E-state index in [4.69, 9.17) is 0 Å². The van der Waals surface area contributed by atoms with Gasteiger partial charge in [-0.3, -0.25) is 0 Å². The lowest BCUT2D eigenvalue weighted by atomic mass is 9.91. The van der Waals surface area contributed by atoms with Gasteiger partial charge in [0.05, 0.1) is 6.04 Å². The van der Waals surface area contributed by atoms with Crippen LogP contribution in [0.4, 0.5) is 5.69 Å². The van der Waals surface area contributed by atoms with E-state index in [-0.39, 0.29) is 0 Å². The highest BCUT2D eigenvalue weighted by Gasteiger charge is 2.24. The molecular formula is C20H19N. The Morgan fingerprint density at radius 2 is 1.62 bits per heavy atom. The van der Waals surface area contributed by atoms with Gasteiger partial charge in [-0.1, -0.05) is 54.6 Å². The second-order valence-corrected chi connectivity index (χ2v) is 5.90. The van der Waals surface area contributed by atoms with Crippen LogP contribution >= 0.6 is 0 Å². The Bertz CT molecular complexity index is 790. The number of hydrogen-bond donors (Lipinski definition) is 0. The van der Waals surface area contributed by atoms with Gasteiger partial charge >= 0.3 is 0 Å². The van der Waals surface area contributed by atoms with Crippen LogP contribution in [0, 0.1) is 0 Å². The van der Waals surface area contributed by atoms with Gasteiger partial charge in [0.15, 0.2) is 0 Å². The number of anilines is 1. The predicted molar refractivity (Wildman–Crippen MR) is 89.9 cm³/mol. The molecule has 0 spiro atoms. The van der Waals surface area contributed by atoms with E-state index < -0.39 is 0 Å². The number of rotatable bonds is 1. The average Bonchev–Trinajstić information content (AvgIpc) is 2.55. The molecule has 1 nitrogen and oxygen atoms in total. The minimum atomic E-state index is 0.476. The van der Waals surface area contributed by atoms with Crippen LogP contribution in [0.3, 0.4) is 0 Å². The summed E-state index contributed by atoms with van der Waals surface area (Å²) in [5, 5.41) is 2.65. The lowest BCUT2D eigenvalue weighted by molar-refractivity contribution is 0.585. The van der Waals surface area contributed by atoms with Gasteiger partial charge in [0.25, 0.3) is 0 Å². The van der Waals surface area contributed by atoms with Crippen molar-refractivity contribution in [2.24, 2.45) is 0 Å². The van der Waals surface area contributed by atoms with Crippen LogP contribution < -0.4 is 4.90 Å². The molecule has 0 fully saturated rings. The average molecular weight is 273 g/mol. The summed E-state index contributed by atoms with van der Waals surface area (Å²) in [4.78, 5) is 2.43. The number of nitrogens with zero attached hydrogens (tertiary/aromatic N) is 1. The summed E-state index contributed by atoms with van der Waals surface area (Å²) in [5.74, 6) is 0. The molecule has 0 aromatic heterocycles. The van der Waals surface area contributed by atoms with Crippen LogP contribution in [0.25, 0.3) is 10.8 Å². The van der Waals surface area contributed by atoms with Gasteiger partial charge in [0.1, 0.15) is 0 Å². The second-order valence-electron chi connectivity index (χ2n) is 5.90. The van der Waals surface area contributed by atoms with Crippen LogP contribution in [0.15, 0.2) is 66.7 Å². The minimum absolute atomic E-state index is 0.476. The van der Waals surface area contributed by atoms with Crippen LogP contribution in [0.5, 0.6) is 0 Å². The fraction of sp³-hybridized carbons (Fsp3) is 0.200. The van der Waals surface area contributed by atoms with Crippen molar-refractivity contribution in [1.29, 1.82) is 0 Å². The van der Waals surface area contributed by atoms with E-state index >= 15 is 0 Å². The Balaban J connectivity index is 1.76. The van der Waals surface area contributed by atoms with Gasteiger partial charge < -0.3 is 4.90 Å². The Morgan fingerprint density at radius 3 is 2.52 bits per heavy atom. The van der Waals surface area contributed by atoms with E-state index in [9.17, 15) is 0 Å². The van der Waals surface area contributed by atoms with Crippen molar-refractivity contribution in [3.8, 4) is 0 Å². The highest BCUT2D eigenvalue weighted by Crippen LogP contribution is 2.37. The summed E-state index contributed by atoms with van der Waals surface area (Å²) in [5.41, 5.74) is 4.27. The Hall–Kier alpha value is -2.28. The van der Waals surface area contributed by atoms with Crippen molar-refractivity contribution < 1.29 is 0 Å². The molecule has 1 atom stereocenters. The lowest BCUT2D eigenvalue weighted by Gasteiger charge is -2.36. The molecule has 4 rings (SSSR count). The third-order valence-corrected chi connectivity index (χ3v) is 4.68. The molecule has 0 N–H and O–H groups in total. The van der Waals surface area contributed by atoms with E-state index in [0.29, 0.717) is 6.04 Å². The number of fused-ring (bicyclic) bond motifs is 2. The van der Waals surface area contributed by atoms with Crippen molar-refractivity contribution in [2.45, 2.75) is 18.9 Å². The largest absolute Gasteiger partial charge is 0.367 e. The predicted octanol–water partition coefficient (Wildman–Crippen LogP) is 4.96. The molecule has 104 valence electrons. The first-order valence-electron chi connectivity index (χ1n) is 7.62. The third-order valence-electron chi connectivity index (χ3n) is 4.68. The number of aryl methyl sites for hydroxylation is 1. The molecule has 0 saturated carbocycles. The number of hydrogen-bond acceptors (Lipinski definition) is 1. The van der Waals surface area contributed by atoms with Gasteiger partial charge in [0, 0.05) is 12.7 Å². The summed E-state index contributed by atoms with van der Waals surface area (Å²) in [7, 11) is 2.22. The van der Waals surface area contributed by atoms with Gasteiger partial charge in [-0.15, -0.1) is 0 Å². The summed E-state index contributed by atoms with van der Waals surface area (Å²) >= 11 is 0. The number of para-hydroxylation sites is 1. The molecule has 0 saturated heterocycles. The maximum absolute atomic E-state index is 2.43. The Labute approximate surface area is 125 Å². The van der Waals surface area contributed by atoms with Crippen LogP contribution in [-0.4, -0.2) is 7.05 Å². The van der Waals surface area contributed by atoms with Crippen molar-refractivity contribution in [1.82, 2.24) is 0 Å². The maximum atomic E-state index is 2.43. The second kappa shape index (κ2) is 4.92. The molecule has 0 amide bonds. The van der Waals surface area contributed by atoms with Crippen molar-refractivity contribution in [2.75, 3.05) is 11.9 Å². The van der Waals surface area contributed by atoms with E-state index in [0.717, 1.165) is 6.42 Å². The van der Waals surface area contributed by atoms with E-state index in [1.807, 2.05) is 0 Å². The fourth-order valence-corrected chi connectivity index (χ4v) is 3.53. The molecule has 21 heavy (non-hydrogen) atoms. The highest BCUT2D eigenvalue weighted by molar-refractivity contribution is 5.83. The highest BCUT2D eigenvalue weighted by atomic mass is 15.1. The normalized spacial score (nSPS) is 17.8. The summed E-state index contributed by atoms with van der Waals surface area (Å²) in [6, 6.07) is 24.7. The van der Waals surface area contributed by atoms with Crippen molar-refractivity contribution in [3.63, 3.8) is 0 Å². The SMILES string of the molecule is CN1c2ccccc2CCC1c1ccc2ccccc2c1. The molecule has 1 heteroatoms. The number of benzene rings is 3. The first kappa shape index (κ1) is 12.5. The summed E-state index contributed by atoms with van der Waals surface area (Å²) < 4.78 is 0. The van der Waals surface area contributed by atoms with Gasteiger partial charge in [0.2, 0.25) is 0 Å². The maximum Gasteiger partial charge on any atom is 0.0542 e. The van der Waals surface area contributed by atoms with Crippen LogP contribution in [0.1, 0.15) is 23.6 Å². The molecule has 3 aromatic rings. The van der Waals surface area contributed by atoms with Crippen molar-refractivity contribution in [3.05, 3.63) is 77.9 Å². The monoisotopic (exact) mass is 273 g/mol. The van der Waals surface area contributed by atoms with Gasteiger partial charge in [-0.05, 0) is 46.9 Å². The molecule has 1 aliphatic rings. The molecule has 0 aliphatic carbocycles. The molecular weight excluding hydrogens is 254 g/mol. The molecule has 1 heterocycles. The first-order valence-corrected chi connectivity index (χ1v) is 7.62. The van der Waals surface area contributed by atoms with Crippen LogP contribution in [0.2, 0.25) is 0 Å². The topological polar surface area (TPSA) is 3.24 Å². The molecule has 1 unspecified atom stereocenters. The zero-order valence-corrected chi connectivity index (χ0v) is 12.3. The van der Waals surface area contributed by atoms with Crippen molar-refractivity contribution >= 4 is 16.5 Å². The first-order chi connectivity index (χ1) is 10.3. The lowest BCUT2D eigenvalue weighted by Crippen LogP contribution is -2.29. The van der Waals surface area contributed by atoms with Gasteiger partial charge in [-0.25, -0.2) is 0 Å². The van der Waals surface area contributed by atoms with E-state index in [1.54, 1.807) is 0 Å². The zero-order valence-electron chi connectivity index (χ0n) is 12.3. The Kier molecular flexibility index (Phi) is 2.92. The molecule has 0 bridgehead atoms. The fourth-order valence-electron chi connectivity index (χ4n) is 3.53. The quantitative estimate of drug-likeness (QED) is 0.605. The zero-order chi connectivity index (χ0) is 14.2. The molecule has 1 aliphatic heterocycles. The summed E-state index contributed by atoms with van der Waals surface area (Å²) in [6.07, 6.45) is 2.35. The van der Waals surface area contributed by atoms with E-state index in [2.05, 4.69) is 78.7 Å².